The van der Waals surface area contributed by atoms with Crippen LogP contribution in [-0.2, 0) is 13.6 Å². The van der Waals surface area contributed by atoms with E-state index in [1.165, 1.54) is 6.20 Å². The van der Waals surface area contributed by atoms with Crippen LogP contribution in [0.5, 0.6) is 0 Å². The summed E-state index contributed by atoms with van der Waals surface area (Å²) < 4.78 is 21.5. The van der Waals surface area contributed by atoms with Gasteiger partial charge in [0.05, 0.1) is 12.7 Å². The number of hydrogen-bond acceptors (Lipinski definition) is 5. The second-order valence-corrected chi connectivity index (χ2v) is 21.3. The first-order chi connectivity index (χ1) is 14.0. The summed E-state index contributed by atoms with van der Waals surface area (Å²) in [7, 11) is -4.13. The molecule has 1 saturated heterocycles. The minimum atomic E-state index is -2.11. The van der Waals surface area contributed by atoms with Crippen molar-refractivity contribution in [1.29, 1.82) is 0 Å². The monoisotopic (exact) mass is 466 g/mol. The molecule has 3 atom stereocenters. The predicted molar refractivity (Wildman–Crippen MR) is 131 cm³/mol. The predicted octanol–water partition coefficient (Wildman–Crippen LogP) is 5.50. The van der Waals surface area contributed by atoms with Crippen LogP contribution < -0.4 is 5.69 Å². The molecule has 1 aliphatic rings. The lowest BCUT2D eigenvalue weighted by Gasteiger charge is -2.44. The molecular weight excluding hydrogens is 424 g/mol. The van der Waals surface area contributed by atoms with Gasteiger partial charge in [0, 0.05) is 18.8 Å². The maximum Gasteiger partial charge on any atom is 0.349 e. The van der Waals surface area contributed by atoms with Crippen molar-refractivity contribution in [2.24, 2.45) is 0 Å². The van der Waals surface area contributed by atoms with E-state index in [1.54, 1.807) is 16.8 Å². The Balaban J connectivity index is 2.43. The third kappa shape index (κ3) is 5.47. The molecule has 0 aliphatic carbocycles. The smallest absolute Gasteiger partial charge is 0.349 e. The maximum absolute atomic E-state index is 12.4. The van der Waals surface area contributed by atoms with Crippen molar-refractivity contribution in [2.75, 3.05) is 6.61 Å². The van der Waals surface area contributed by atoms with Crippen molar-refractivity contribution in [3.8, 4) is 0 Å². The molecule has 0 saturated carbocycles. The van der Waals surface area contributed by atoms with Crippen LogP contribution >= 0.6 is 0 Å². The summed E-state index contributed by atoms with van der Waals surface area (Å²) in [5, 5.41) is 0.118. The summed E-state index contributed by atoms with van der Waals surface area (Å²) in [5.74, 6) is 0. The summed E-state index contributed by atoms with van der Waals surface area (Å²) in [6.07, 6.45) is 4.85. The van der Waals surface area contributed by atoms with E-state index in [-0.39, 0.29) is 21.9 Å². The van der Waals surface area contributed by atoms with Crippen LogP contribution in [0.15, 0.2) is 35.9 Å². The van der Waals surface area contributed by atoms with Gasteiger partial charge in [0.2, 0.25) is 0 Å². The van der Waals surface area contributed by atoms with Gasteiger partial charge >= 0.3 is 5.69 Å². The van der Waals surface area contributed by atoms with Crippen molar-refractivity contribution < 1.29 is 13.6 Å². The quantitative estimate of drug-likeness (QED) is 0.392. The summed E-state index contributed by atoms with van der Waals surface area (Å²) in [5.41, 5.74) is -1.16. The Bertz CT molecular complexity index is 839. The number of nitrogens with zero attached hydrogens (tertiary/aromatic N) is 2. The van der Waals surface area contributed by atoms with Crippen molar-refractivity contribution in [3.63, 3.8) is 0 Å². The van der Waals surface area contributed by atoms with E-state index in [9.17, 15) is 4.79 Å². The third-order valence-electron chi connectivity index (χ3n) is 7.42. The van der Waals surface area contributed by atoms with E-state index in [2.05, 4.69) is 79.3 Å². The Morgan fingerprint density at radius 1 is 1.19 bits per heavy atom. The van der Waals surface area contributed by atoms with Gasteiger partial charge in [-0.15, -0.1) is 6.58 Å². The Kier molecular flexibility index (Phi) is 7.35. The van der Waals surface area contributed by atoms with Gasteiger partial charge in [-0.1, -0.05) is 47.6 Å². The van der Waals surface area contributed by atoms with Crippen LogP contribution in [0, 0.1) is 0 Å². The second kappa shape index (κ2) is 8.70. The van der Waals surface area contributed by atoms with Gasteiger partial charge in [-0.3, -0.25) is 4.57 Å². The number of rotatable bonds is 7. The highest BCUT2D eigenvalue weighted by Gasteiger charge is 2.53. The molecule has 1 fully saturated rings. The fourth-order valence-electron chi connectivity index (χ4n) is 3.07. The standard InChI is InChI=1S/C23H42N2O4Si2/c1-12-23(17-27-30(8,9)21(2,3)4)18(29-31(10,11)22(5,6)7)16-19(28-23)25-15-13-14-24-20(25)26/h12-15,18-19H,1,16-17H2,2-11H3/t18-,19+,23+/m0/s1. The van der Waals surface area contributed by atoms with E-state index in [0.29, 0.717) is 13.0 Å². The summed E-state index contributed by atoms with van der Waals surface area (Å²) in [4.78, 5) is 16.3. The van der Waals surface area contributed by atoms with Crippen molar-refractivity contribution in [3.05, 3.63) is 41.6 Å². The minimum absolute atomic E-state index is 0.0451. The van der Waals surface area contributed by atoms with E-state index >= 15 is 0 Å². The molecule has 176 valence electrons. The first-order valence-electron chi connectivity index (χ1n) is 11.1. The normalized spacial score (nSPS) is 25.6. The van der Waals surface area contributed by atoms with Crippen LogP contribution in [0.2, 0.25) is 36.3 Å². The summed E-state index contributed by atoms with van der Waals surface area (Å²) in [6.45, 7) is 26.7. The fourth-order valence-corrected chi connectivity index (χ4v) is 5.45. The fraction of sp³-hybridized carbons (Fsp3) is 0.739. The van der Waals surface area contributed by atoms with Gasteiger partial charge in [-0.05, 0) is 42.3 Å². The van der Waals surface area contributed by atoms with Gasteiger partial charge < -0.3 is 13.6 Å². The second-order valence-electron chi connectivity index (χ2n) is 11.7. The molecule has 1 aromatic rings. The van der Waals surface area contributed by atoms with E-state index in [0.717, 1.165) is 0 Å². The molecule has 0 radical (unpaired) electrons. The van der Waals surface area contributed by atoms with Gasteiger partial charge in [-0.25, -0.2) is 9.78 Å². The van der Waals surface area contributed by atoms with Gasteiger partial charge in [0.25, 0.3) is 0 Å². The van der Waals surface area contributed by atoms with Crippen molar-refractivity contribution in [2.45, 2.75) is 102 Å². The molecule has 0 spiro atoms. The van der Waals surface area contributed by atoms with Gasteiger partial charge in [0.1, 0.15) is 11.8 Å². The van der Waals surface area contributed by atoms with Crippen LogP contribution in [0.4, 0.5) is 0 Å². The topological polar surface area (TPSA) is 62.6 Å². The van der Waals surface area contributed by atoms with Crippen LogP contribution in [-0.4, -0.2) is 44.5 Å². The molecule has 0 amide bonds. The molecule has 2 heterocycles. The lowest BCUT2D eigenvalue weighted by molar-refractivity contribution is -0.0920. The van der Waals surface area contributed by atoms with E-state index < -0.39 is 28.5 Å². The minimum Gasteiger partial charge on any atom is -0.413 e. The number of aromatic nitrogens is 2. The Morgan fingerprint density at radius 2 is 1.77 bits per heavy atom. The Morgan fingerprint density at radius 3 is 2.26 bits per heavy atom. The summed E-state index contributed by atoms with van der Waals surface area (Å²) >= 11 is 0. The zero-order chi connectivity index (χ0) is 23.9. The van der Waals surface area contributed by atoms with Crippen molar-refractivity contribution >= 4 is 16.6 Å². The maximum atomic E-state index is 12.4. The molecular formula is C23H42N2O4Si2. The average molecular weight is 467 g/mol. The largest absolute Gasteiger partial charge is 0.413 e. The number of ether oxygens (including phenoxy) is 1. The molecule has 0 N–H and O–H groups in total. The first-order valence-corrected chi connectivity index (χ1v) is 16.9. The summed E-state index contributed by atoms with van der Waals surface area (Å²) in [6, 6.07) is 1.74. The van der Waals surface area contributed by atoms with E-state index in [1.807, 2.05) is 6.08 Å². The Labute approximate surface area is 190 Å². The van der Waals surface area contributed by atoms with Gasteiger partial charge in [-0.2, -0.15) is 0 Å². The lowest BCUT2D eigenvalue weighted by Crippen LogP contribution is -2.54. The molecule has 31 heavy (non-hydrogen) atoms. The Hall–Kier alpha value is -1.07. The average Bonchev–Trinajstić information content (AvgIpc) is 2.96. The van der Waals surface area contributed by atoms with Crippen LogP contribution in [0.3, 0.4) is 0 Å². The van der Waals surface area contributed by atoms with Crippen LogP contribution in [0.1, 0.15) is 54.2 Å². The molecule has 8 heteroatoms. The molecule has 0 aromatic carbocycles. The highest BCUT2D eigenvalue weighted by molar-refractivity contribution is 6.74. The van der Waals surface area contributed by atoms with Crippen LogP contribution in [0.25, 0.3) is 0 Å². The third-order valence-corrected chi connectivity index (χ3v) is 16.4. The molecule has 1 aliphatic heterocycles. The molecule has 0 bridgehead atoms. The zero-order valence-electron chi connectivity index (χ0n) is 21.1. The number of hydrogen-bond donors (Lipinski definition) is 0. The first kappa shape index (κ1) is 26.2. The zero-order valence-corrected chi connectivity index (χ0v) is 23.1. The highest BCUT2D eigenvalue weighted by atomic mass is 28.4. The lowest BCUT2D eigenvalue weighted by atomic mass is 9.98. The molecule has 0 unspecified atom stereocenters. The molecule has 6 nitrogen and oxygen atoms in total. The van der Waals surface area contributed by atoms with Crippen molar-refractivity contribution in [1.82, 2.24) is 9.55 Å². The highest BCUT2D eigenvalue weighted by Crippen LogP contribution is 2.46. The van der Waals surface area contributed by atoms with E-state index in [4.69, 9.17) is 13.6 Å². The SMILES string of the molecule is C=C[C@]1(CO[Si](C)(C)C(C)(C)C)O[C@@H](n2cccnc2=O)C[C@@H]1O[Si](C)(C)C(C)(C)C. The molecule has 1 aromatic heterocycles. The van der Waals surface area contributed by atoms with Gasteiger partial charge in [0.15, 0.2) is 16.6 Å². The molecule has 2 rings (SSSR count).